The molecular weight excluding hydrogens is 227 g/mol. The molecule has 15 heavy (non-hydrogen) atoms. The molecule has 1 nitrogen and oxygen atoms in total. The van der Waals surface area contributed by atoms with Crippen LogP contribution in [-0.2, 0) is 0 Å². The average molecular weight is 237 g/mol. The van der Waals surface area contributed by atoms with Gasteiger partial charge in [0.25, 0.3) is 0 Å². The molecule has 0 aliphatic heterocycles. The maximum atomic E-state index is 5.88. The first-order chi connectivity index (χ1) is 7.34. The van der Waals surface area contributed by atoms with E-state index in [-0.39, 0.29) is 0 Å². The van der Waals surface area contributed by atoms with E-state index in [1.54, 1.807) is 0 Å². The van der Waals surface area contributed by atoms with Crippen molar-refractivity contribution in [1.82, 2.24) is 0 Å². The Morgan fingerprint density at radius 3 is 2.47 bits per heavy atom. The lowest BCUT2D eigenvalue weighted by Crippen LogP contribution is -1.95. The zero-order chi connectivity index (χ0) is 10.5. The predicted molar refractivity (Wildman–Crippen MR) is 66.5 cm³/mol. The summed E-state index contributed by atoms with van der Waals surface area (Å²) in [6.45, 7) is 0. The largest absolute Gasteiger partial charge is 0.472 e. The smallest absolute Gasteiger partial charge is 0.123 e. The van der Waals surface area contributed by atoms with Crippen LogP contribution in [0.3, 0.4) is 0 Å². The third-order valence-corrected chi connectivity index (χ3v) is 2.97. The molecule has 2 aromatic rings. The molecule has 0 bridgehead atoms. The molecule has 0 radical (unpaired) electrons. The second kappa shape index (κ2) is 5.16. The van der Waals surface area contributed by atoms with Crippen LogP contribution in [-0.4, -0.2) is 0 Å². The molecule has 2 aromatic carbocycles. The molecule has 0 amide bonds. The van der Waals surface area contributed by atoms with Crippen LogP contribution in [0.2, 0.25) is 5.02 Å². The van der Waals surface area contributed by atoms with Crippen LogP contribution in [0.25, 0.3) is 0 Å². The van der Waals surface area contributed by atoms with Gasteiger partial charge in [0.2, 0.25) is 0 Å². The molecule has 76 valence electrons. The van der Waals surface area contributed by atoms with Crippen LogP contribution in [0.4, 0.5) is 0 Å². The third kappa shape index (κ3) is 3.23. The Hall–Kier alpha value is -1.04. The van der Waals surface area contributed by atoms with E-state index in [4.69, 9.17) is 16.1 Å². The molecule has 1 atom stereocenters. The average Bonchev–Trinajstić information content (AvgIpc) is 2.28. The molecule has 0 aliphatic carbocycles. The van der Waals surface area contributed by atoms with Crippen molar-refractivity contribution in [3.63, 3.8) is 0 Å². The van der Waals surface area contributed by atoms with E-state index >= 15 is 0 Å². The van der Waals surface area contributed by atoms with Crippen LogP contribution in [0.5, 0.6) is 5.75 Å². The SMILES string of the molecule is Clc1cccc(POc2ccccc2)c1. The summed E-state index contributed by atoms with van der Waals surface area (Å²) in [6, 6.07) is 17.5. The molecule has 0 aliphatic rings. The van der Waals surface area contributed by atoms with E-state index in [0.29, 0.717) is 8.81 Å². The molecule has 0 spiro atoms. The summed E-state index contributed by atoms with van der Waals surface area (Å²) in [5, 5.41) is 1.85. The summed E-state index contributed by atoms with van der Waals surface area (Å²) >= 11 is 5.88. The van der Waals surface area contributed by atoms with Crippen LogP contribution in [0.1, 0.15) is 0 Å². The molecule has 0 saturated heterocycles. The van der Waals surface area contributed by atoms with Crippen LogP contribution < -0.4 is 9.83 Å². The molecule has 0 saturated carbocycles. The second-order valence-electron chi connectivity index (χ2n) is 3.03. The van der Waals surface area contributed by atoms with E-state index in [9.17, 15) is 0 Å². The Morgan fingerprint density at radius 2 is 1.73 bits per heavy atom. The Balaban J connectivity index is 1.99. The molecule has 2 rings (SSSR count). The highest BCUT2D eigenvalue weighted by Crippen LogP contribution is 2.20. The summed E-state index contributed by atoms with van der Waals surface area (Å²) in [7, 11) is 0.294. The summed E-state index contributed by atoms with van der Waals surface area (Å²) in [6.07, 6.45) is 0. The number of rotatable bonds is 3. The first kappa shape index (κ1) is 10.5. The lowest BCUT2D eigenvalue weighted by molar-refractivity contribution is 0.638. The lowest BCUT2D eigenvalue weighted by atomic mass is 10.3. The Labute approximate surface area is 95.9 Å². The Kier molecular flexibility index (Phi) is 3.60. The fourth-order valence-electron chi connectivity index (χ4n) is 1.16. The van der Waals surface area contributed by atoms with Gasteiger partial charge >= 0.3 is 0 Å². The second-order valence-corrected chi connectivity index (χ2v) is 4.45. The van der Waals surface area contributed by atoms with Gasteiger partial charge in [-0.15, -0.1) is 0 Å². The molecular formula is C12H10ClOP. The first-order valence-electron chi connectivity index (χ1n) is 4.58. The van der Waals surface area contributed by atoms with Crippen LogP contribution in [0.15, 0.2) is 54.6 Å². The normalized spacial score (nSPS) is 10.7. The molecule has 0 aromatic heterocycles. The Morgan fingerprint density at radius 1 is 0.933 bits per heavy atom. The van der Waals surface area contributed by atoms with Gasteiger partial charge in [0.15, 0.2) is 0 Å². The summed E-state index contributed by atoms with van der Waals surface area (Å²) in [5.41, 5.74) is 0. The number of halogens is 1. The maximum absolute atomic E-state index is 5.88. The number of hydrogen-bond donors (Lipinski definition) is 0. The highest BCUT2D eigenvalue weighted by atomic mass is 35.5. The molecule has 0 heterocycles. The van der Waals surface area contributed by atoms with Gasteiger partial charge in [0, 0.05) is 10.3 Å². The van der Waals surface area contributed by atoms with Gasteiger partial charge in [-0.2, -0.15) is 0 Å². The highest BCUT2D eigenvalue weighted by Gasteiger charge is 1.96. The van der Waals surface area contributed by atoms with Crippen molar-refractivity contribution in [3.8, 4) is 5.75 Å². The summed E-state index contributed by atoms with van der Waals surface area (Å²) in [4.78, 5) is 0. The van der Waals surface area contributed by atoms with Crippen molar-refractivity contribution in [1.29, 1.82) is 0 Å². The number of benzene rings is 2. The van der Waals surface area contributed by atoms with Gasteiger partial charge in [-0.1, -0.05) is 41.9 Å². The standard InChI is InChI=1S/C12H10ClOP/c13-10-5-4-8-12(9-10)15-14-11-6-2-1-3-7-11/h1-9,15H. The van der Waals surface area contributed by atoms with Crippen molar-refractivity contribution < 1.29 is 4.52 Å². The van der Waals surface area contributed by atoms with Crippen molar-refractivity contribution in [3.05, 3.63) is 59.6 Å². The van der Waals surface area contributed by atoms with E-state index in [1.165, 1.54) is 0 Å². The maximum Gasteiger partial charge on any atom is 0.123 e. The molecule has 0 N–H and O–H groups in total. The first-order valence-corrected chi connectivity index (χ1v) is 5.87. The molecule has 3 heteroatoms. The van der Waals surface area contributed by atoms with Gasteiger partial charge in [-0.3, -0.25) is 0 Å². The lowest BCUT2D eigenvalue weighted by Gasteiger charge is -2.05. The van der Waals surface area contributed by atoms with Crippen molar-refractivity contribution in [2.45, 2.75) is 0 Å². The topological polar surface area (TPSA) is 9.23 Å². The van der Waals surface area contributed by atoms with Crippen LogP contribution >= 0.6 is 20.4 Å². The van der Waals surface area contributed by atoms with E-state index < -0.39 is 0 Å². The van der Waals surface area contributed by atoms with Gasteiger partial charge in [0.05, 0.1) is 0 Å². The third-order valence-electron chi connectivity index (χ3n) is 1.85. The van der Waals surface area contributed by atoms with Gasteiger partial charge in [-0.05, 0) is 24.3 Å². The van der Waals surface area contributed by atoms with Crippen molar-refractivity contribution >= 4 is 25.7 Å². The zero-order valence-electron chi connectivity index (χ0n) is 7.98. The van der Waals surface area contributed by atoms with E-state index in [0.717, 1.165) is 16.1 Å². The zero-order valence-corrected chi connectivity index (χ0v) is 9.74. The fourth-order valence-corrected chi connectivity index (χ4v) is 2.19. The van der Waals surface area contributed by atoms with Gasteiger partial charge < -0.3 is 4.52 Å². The van der Waals surface area contributed by atoms with Gasteiger partial charge in [-0.25, -0.2) is 0 Å². The molecule has 0 fully saturated rings. The molecule has 1 unspecified atom stereocenters. The monoisotopic (exact) mass is 236 g/mol. The highest BCUT2D eigenvalue weighted by molar-refractivity contribution is 7.42. The number of para-hydroxylation sites is 1. The van der Waals surface area contributed by atoms with Crippen molar-refractivity contribution in [2.75, 3.05) is 0 Å². The minimum absolute atomic E-state index is 0.294. The minimum atomic E-state index is 0.294. The van der Waals surface area contributed by atoms with E-state index in [1.807, 2.05) is 54.6 Å². The summed E-state index contributed by atoms with van der Waals surface area (Å²) in [5.74, 6) is 0.885. The van der Waals surface area contributed by atoms with Crippen LogP contribution in [0, 0.1) is 0 Å². The van der Waals surface area contributed by atoms with Gasteiger partial charge in [0.1, 0.15) is 14.6 Å². The quantitative estimate of drug-likeness (QED) is 0.740. The van der Waals surface area contributed by atoms with E-state index in [2.05, 4.69) is 0 Å². The number of hydrogen-bond acceptors (Lipinski definition) is 1. The predicted octanol–water partition coefficient (Wildman–Crippen LogP) is 3.64. The fraction of sp³-hybridized carbons (Fsp3) is 0. The summed E-state index contributed by atoms with van der Waals surface area (Å²) < 4.78 is 5.62. The Bertz CT molecular complexity index is 431. The minimum Gasteiger partial charge on any atom is -0.472 e. The van der Waals surface area contributed by atoms with Crippen molar-refractivity contribution in [2.24, 2.45) is 0 Å².